The molecule has 0 saturated carbocycles. The summed E-state index contributed by atoms with van der Waals surface area (Å²) in [5, 5.41) is 13.9. The Hall–Kier alpha value is -1.75. The smallest absolute Gasteiger partial charge is 0.270 e. The molecule has 0 amide bonds. The van der Waals surface area contributed by atoms with E-state index in [4.69, 9.17) is 0 Å². The molecule has 0 radical (unpaired) electrons. The maximum atomic E-state index is 13.7. The van der Waals surface area contributed by atoms with Gasteiger partial charge in [0, 0.05) is 24.2 Å². The second-order valence-electron chi connectivity index (χ2n) is 4.62. The quantitative estimate of drug-likeness (QED) is 0.634. The fourth-order valence-electron chi connectivity index (χ4n) is 1.65. The van der Waals surface area contributed by atoms with Gasteiger partial charge in [0.25, 0.3) is 5.69 Å². The molecule has 0 aromatic heterocycles. The van der Waals surface area contributed by atoms with Crippen molar-refractivity contribution < 1.29 is 9.31 Å². The van der Waals surface area contributed by atoms with Gasteiger partial charge in [-0.1, -0.05) is 32.4 Å². The van der Waals surface area contributed by atoms with E-state index >= 15 is 0 Å². The van der Waals surface area contributed by atoms with Gasteiger partial charge in [0.2, 0.25) is 0 Å². The van der Waals surface area contributed by atoms with Crippen molar-refractivity contribution in [2.45, 2.75) is 20.8 Å². The van der Waals surface area contributed by atoms with Crippen LogP contribution in [-0.4, -0.2) is 18.0 Å². The van der Waals surface area contributed by atoms with Crippen LogP contribution in [0.3, 0.4) is 0 Å². The van der Waals surface area contributed by atoms with Crippen molar-refractivity contribution in [2.75, 3.05) is 13.1 Å². The fraction of sp³-hybridized carbons (Fsp3) is 0.429. The van der Waals surface area contributed by atoms with Gasteiger partial charge in [-0.2, -0.15) is 0 Å². The minimum absolute atomic E-state index is 0.0980. The van der Waals surface area contributed by atoms with Crippen LogP contribution in [0.15, 0.2) is 23.8 Å². The molecule has 0 aliphatic rings. The summed E-state index contributed by atoms with van der Waals surface area (Å²) < 4.78 is 13.7. The first kappa shape index (κ1) is 15.3. The molecule has 0 unspecified atom stereocenters. The van der Waals surface area contributed by atoms with Crippen LogP contribution in [0.5, 0.6) is 0 Å². The van der Waals surface area contributed by atoms with Crippen molar-refractivity contribution in [3.05, 3.63) is 45.3 Å². The summed E-state index contributed by atoms with van der Waals surface area (Å²) in [7, 11) is 0. The maximum absolute atomic E-state index is 13.7. The molecule has 0 heterocycles. The highest BCUT2D eigenvalue weighted by Gasteiger charge is 2.11. The number of rotatable bonds is 6. The number of likely N-dealkylation sites (N-methyl/N-ethyl adjacent to an activating group) is 1. The molecule has 1 aromatic carbocycles. The SMILES string of the molecule is CCNC/C(=C/c1cc([N+](=O)[O-])ccc1F)C(C)C. The Morgan fingerprint density at radius 3 is 2.74 bits per heavy atom. The van der Waals surface area contributed by atoms with Gasteiger partial charge < -0.3 is 5.32 Å². The van der Waals surface area contributed by atoms with Crippen molar-refractivity contribution in [3.63, 3.8) is 0 Å². The average Bonchev–Trinajstić information content (AvgIpc) is 2.35. The standard InChI is InChI=1S/C14H19FN2O2/c1-4-16-9-12(10(2)3)7-11-8-13(17(18)19)5-6-14(11)15/h5-8,10,16H,4,9H2,1-3H3/b12-7-. The first-order valence-electron chi connectivity index (χ1n) is 6.30. The number of non-ortho nitro benzene ring substituents is 1. The van der Waals surface area contributed by atoms with Crippen molar-refractivity contribution in [1.29, 1.82) is 0 Å². The van der Waals surface area contributed by atoms with Crippen LogP contribution in [0.1, 0.15) is 26.3 Å². The second kappa shape index (κ2) is 6.99. The van der Waals surface area contributed by atoms with E-state index in [9.17, 15) is 14.5 Å². The van der Waals surface area contributed by atoms with Gasteiger partial charge in [-0.15, -0.1) is 0 Å². The van der Waals surface area contributed by atoms with Crippen LogP contribution in [0.4, 0.5) is 10.1 Å². The molecule has 0 saturated heterocycles. The number of nitrogens with zero attached hydrogens (tertiary/aromatic N) is 1. The molecule has 104 valence electrons. The zero-order valence-electron chi connectivity index (χ0n) is 11.4. The molecular weight excluding hydrogens is 247 g/mol. The van der Waals surface area contributed by atoms with Gasteiger partial charge in [-0.25, -0.2) is 4.39 Å². The van der Waals surface area contributed by atoms with Crippen LogP contribution in [-0.2, 0) is 0 Å². The minimum atomic E-state index is -0.518. The van der Waals surface area contributed by atoms with Crippen molar-refractivity contribution >= 4 is 11.8 Å². The molecule has 4 nitrogen and oxygen atoms in total. The first-order valence-corrected chi connectivity index (χ1v) is 6.30. The Morgan fingerprint density at radius 1 is 1.53 bits per heavy atom. The van der Waals surface area contributed by atoms with E-state index in [1.807, 2.05) is 20.8 Å². The third-order valence-corrected chi connectivity index (χ3v) is 2.85. The lowest BCUT2D eigenvalue weighted by Gasteiger charge is -2.12. The third-order valence-electron chi connectivity index (χ3n) is 2.85. The molecule has 0 fully saturated rings. The predicted octanol–water partition coefficient (Wildman–Crippen LogP) is 3.38. The van der Waals surface area contributed by atoms with E-state index in [-0.39, 0.29) is 17.2 Å². The van der Waals surface area contributed by atoms with Crippen molar-refractivity contribution in [1.82, 2.24) is 5.32 Å². The molecule has 0 aliphatic heterocycles. The Kier molecular flexibility index (Phi) is 5.63. The number of nitro benzene ring substituents is 1. The highest BCUT2D eigenvalue weighted by Crippen LogP contribution is 2.21. The van der Waals surface area contributed by atoms with Crippen LogP contribution in [0.2, 0.25) is 0 Å². The second-order valence-corrected chi connectivity index (χ2v) is 4.62. The van der Waals surface area contributed by atoms with E-state index in [2.05, 4.69) is 5.32 Å². The molecule has 19 heavy (non-hydrogen) atoms. The number of hydrogen-bond donors (Lipinski definition) is 1. The van der Waals surface area contributed by atoms with E-state index in [0.29, 0.717) is 6.54 Å². The van der Waals surface area contributed by atoms with E-state index in [1.54, 1.807) is 6.08 Å². The number of nitro groups is 1. The summed E-state index contributed by atoms with van der Waals surface area (Å²) >= 11 is 0. The Labute approximate surface area is 112 Å². The molecule has 1 N–H and O–H groups in total. The van der Waals surface area contributed by atoms with Crippen LogP contribution >= 0.6 is 0 Å². The molecule has 1 aromatic rings. The zero-order valence-corrected chi connectivity index (χ0v) is 11.4. The normalized spacial score (nSPS) is 11.9. The van der Waals surface area contributed by atoms with Crippen molar-refractivity contribution in [3.8, 4) is 0 Å². The molecule has 0 aliphatic carbocycles. The van der Waals surface area contributed by atoms with Crippen LogP contribution in [0, 0.1) is 21.8 Å². The maximum Gasteiger partial charge on any atom is 0.270 e. The highest BCUT2D eigenvalue weighted by atomic mass is 19.1. The van der Waals surface area contributed by atoms with E-state index < -0.39 is 10.7 Å². The van der Waals surface area contributed by atoms with Crippen LogP contribution < -0.4 is 5.32 Å². The van der Waals surface area contributed by atoms with Gasteiger partial charge in [0.1, 0.15) is 5.82 Å². The van der Waals surface area contributed by atoms with Gasteiger partial charge in [0.05, 0.1) is 4.92 Å². The zero-order chi connectivity index (χ0) is 14.4. The molecule has 0 atom stereocenters. The fourth-order valence-corrected chi connectivity index (χ4v) is 1.65. The molecule has 1 rings (SSSR count). The van der Waals surface area contributed by atoms with Gasteiger partial charge in [-0.05, 0) is 18.5 Å². The highest BCUT2D eigenvalue weighted by molar-refractivity contribution is 5.57. The van der Waals surface area contributed by atoms with E-state index in [0.717, 1.165) is 18.2 Å². The average molecular weight is 266 g/mol. The summed E-state index contributed by atoms with van der Waals surface area (Å²) in [6.45, 7) is 7.49. The van der Waals surface area contributed by atoms with Gasteiger partial charge in [0.15, 0.2) is 0 Å². The number of nitrogens with one attached hydrogen (secondary N) is 1. The summed E-state index contributed by atoms with van der Waals surface area (Å²) in [6, 6.07) is 3.57. The first-order chi connectivity index (χ1) is 8.95. The van der Waals surface area contributed by atoms with Crippen LogP contribution in [0.25, 0.3) is 6.08 Å². The number of benzene rings is 1. The Morgan fingerprint density at radius 2 is 2.21 bits per heavy atom. The van der Waals surface area contributed by atoms with Crippen molar-refractivity contribution in [2.24, 2.45) is 5.92 Å². The van der Waals surface area contributed by atoms with Gasteiger partial charge in [-0.3, -0.25) is 10.1 Å². The predicted molar refractivity (Wildman–Crippen MR) is 74.4 cm³/mol. The lowest BCUT2D eigenvalue weighted by atomic mass is 9.99. The Balaban J connectivity index is 3.11. The lowest BCUT2D eigenvalue weighted by Crippen LogP contribution is -2.18. The summed E-state index contributed by atoms with van der Waals surface area (Å²) in [4.78, 5) is 10.2. The topological polar surface area (TPSA) is 55.2 Å². The summed E-state index contributed by atoms with van der Waals surface area (Å²) in [5.74, 6) is -0.196. The number of hydrogen-bond acceptors (Lipinski definition) is 3. The largest absolute Gasteiger partial charge is 0.313 e. The van der Waals surface area contributed by atoms with Gasteiger partial charge >= 0.3 is 0 Å². The Bertz CT molecular complexity index is 484. The monoisotopic (exact) mass is 266 g/mol. The molecular formula is C14H19FN2O2. The van der Waals surface area contributed by atoms with E-state index in [1.165, 1.54) is 12.1 Å². The third kappa shape index (κ3) is 4.44. The lowest BCUT2D eigenvalue weighted by molar-refractivity contribution is -0.384. The number of halogens is 1. The summed E-state index contributed by atoms with van der Waals surface area (Å²) in [5.41, 5.74) is 1.18. The molecule has 0 spiro atoms. The molecule has 5 heteroatoms. The minimum Gasteiger partial charge on any atom is -0.313 e. The summed E-state index contributed by atoms with van der Waals surface area (Å²) in [6.07, 6.45) is 1.69. The molecule has 0 bridgehead atoms.